The standard InChI is InChI=1S/C30H32N2O2/c1-5-26(22-17-15-21(16-18-22)20(3)4)32-30(33)25-19-28(31-27-13-9-7-11-23(25)27)24-12-8-10-14-29(24)34-6-2/h7-20,26H,5-6H2,1-4H3,(H,32,33)/t26-/m0/s1. The molecule has 0 aliphatic rings. The molecule has 4 aromatic rings. The van der Waals surface area contributed by atoms with Gasteiger partial charge in [-0.15, -0.1) is 0 Å². The Morgan fingerprint density at radius 2 is 1.59 bits per heavy atom. The summed E-state index contributed by atoms with van der Waals surface area (Å²) in [6, 6.07) is 26.0. The second-order valence-corrected chi connectivity index (χ2v) is 8.76. The van der Waals surface area contributed by atoms with Gasteiger partial charge in [-0.3, -0.25) is 4.79 Å². The summed E-state index contributed by atoms with van der Waals surface area (Å²) in [5.41, 5.74) is 5.40. The number of rotatable bonds is 8. The first-order chi connectivity index (χ1) is 16.5. The number of carbonyl (C=O) groups is 1. The van der Waals surface area contributed by atoms with Gasteiger partial charge in [-0.1, -0.05) is 75.4 Å². The molecule has 4 heteroatoms. The summed E-state index contributed by atoms with van der Waals surface area (Å²) in [4.78, 5) is 18.5. The van der Waals surface area contributed by atoms with Crippen molar-refractivity contribution in [2.75, 3.05) is 6.61 Å². The molecule has 0 aliphatic heterocycles. The molecule has 1 atom stereocenters. The molecular formula is C30H32N2O2. The lowest BCUT2D eigenvalue weighted by atomic mass is 9.97. The molecule has 0 aliphatic carbocycles. The first kappa shape index (κ1) is 23.5. The average Bonchev–Trinajstić information content (AvgIpc) is 2.87. The fourth-order valence-electron chi connectivity index (χ4n) is 4.23. The number of aromatic nitrogens is 1. The van der Waals surface area contributed by atoms with E-state index >= 15 is 0 Å². The zero-order chi connectivity index (χ0) is 24.1. The van der Waals surface area contributed by atoms with Crippen molar-refractivity contribution < 1.29 is 9.53 Å². The van der Waals surface area contributed by atoms with Gasteiger partial charge in [0, 0.05) is 10.9 Å². The molecule has 0 bridgehead atoms. The number of nitrogens with one attached hydrogen (secondary N) is 1. The molecule has 0 unspecified atom stereocenters. The van der Waals surface area contributed by atoms with Gasteiger partial charge in [-0.05, 0) is 54.7 Å². The predicted molar refractivity (Wildman–Crippen MR) is 139 cm³/mol. The van der Waals surface area contributed by atoms with Crippen molar-refractivity contribution in [2.24, 2.45) is 0 Å². The summed E-state index contributed by atoms with van der Waals surface area (Å²) < 4.78 is 5.83. The number of pyridine rings is 1. The summed E-state index contributed by atoms with van der Waals surface area (Å²) in [6.45, 7) is 8.98. The van der Waals surface area contributed by atoms with Crippen molar-refractivity contribution in [1.29, 1.82) is 0 Å². The van der Waals surface area contributed by atoms with Crippen molar-refractivity contribution in [3.8, 4) is 17.0 Å². The van der Waals surface area contributed by atoms with Gasteiger partial charge in [0.05, 0.1) is 29.4 Å². The van der Waals surface area contributed by atoms with Gasteiger partial charge in [0.2, 0.25) is 0 Å². The highest BCUT2D eigenvalue weighted by Crippen LogP contribution is 2.32. The quantitative estimate of drug-likeness (QED) is 0.305. The highest BCUT2D eigenvalue weighted by molar-refractivity contribution is 6.07. The number of hydrogen-bond acceptors (Lipinski definition) is 3. The van der Waals surface area contributed by atoms with Gasteiger partial charge >= 0.3 is 0 Å². The number of amides is 1. The molecule has 0 saturated heterocycles. The Hall–Kier alpha value is -3.66. The van der Waals surface area contributed by atoms with Crippen molar-refractivity contribution in [2.45, 2.75) is 46.1 Å². The SMILES string of the molecule is CCOc1ccccc1-c1cc(C(=O)N[C@@H](CC)c2ccc(C(C)C)cc2)c2ccccc2n1. The zero-order valence-electron chi connectivity index (χ0n) is 20.3. The minimum Gasteiger partial charge on any atom is -0.493 e. The smallest absolute Gasteiger partial charge is 0.252 e. The van der Waals surface area contributed by atoms with E-state index in [1.807, 2.05) is 61.5 Å². The second kappa shape index (κ2) is 10.5. The van der Waals surface area contributed by atoms with E-state index < -0.39 is 0 Å². The van der Waals surface area contributed by atoms with E-state index in [-0.39, 0.29) is 11.9 Å². The van der Waals surface area contributed by atoms with Gasteiger partial charge in [0.1, 0.15) is 5.75 Å². The lowest BCUT2D eigenvalue weighted by Gasteiger charge is -2.19. The van der Waals surface area contributed by atoms with Gasteiger partial charge in [0.15, 0.2) is 0 Å². The van der Waals surface area contributed by atoms with Gasteiger partial charge in [0.25, 0.3) is 5.91 Å². The summed E-state index contributed by atoms with van der Waals surface area (Å²) in [5, 5.41) is 4.10. The third-order valence-electron chi connectivity index (χ3n) is 6.14. The molecular weight excluding hydrogens is 420 g/mol. The van der Waals surface area contributed by atoms with Crippen LogP contribution < -0.4 is 10.1 Å². The van der Waals surface area contributed by atoms with Crippen LogP contribution in [0.25, 0.3) is 22.2 Å². The Labute approximate surface area is 202 Å². The maximum Gasteiger partial charge on any atom is 0.252 e. The van der Waals surface area contributed by atoms with Crippen LogP contribution in [0.5, 0.6) is 5.75 Å². The van der Waals surface area contributed by atoms with E-state index in [4.69, 9.17) is 9.72 Å². The van der Waals surface area contributed by atoms with Crippen molar-refractivity contribution in [1.82, 2.24) is 10.3 Å². The molecule has 1 aromatic heterocycles. The van der Waals surface area contributed by atoms with Gasteiger partial charge < -0.3 is 10.1 Å². The Kier molecular flexibility index (Phi) is 7.27. The van der Waals surface area contributed by atoms with Crippen molar-refractivity contribution >= 4 is 16.8 Å². The van der Waals surface area contributed by atoms with Crippen molar-refractivity contribution in [3.05, 3.63) is 95.6 Å². The number of benzene rings is 3. The Morgan fingerprint density at radius 1 is 0.912 bits per heavy atom. The summed E-state index contributed by atoms with van der Waals surface area (Å²) in [7, 11) is 0. The fourth-order valence-corrected chi connectivity index (χ4v) is 4.23. The monoisotopic (exact) mass is 452 g/mol. The number of nitrogens with zero attached hydrogens (tertiary/aromatic N) is 1. The summed E-state index contributed by atoms with van der Waals surface area (Å²) in [6.07, 6.45) is 0.801. The van der Waals surface area contributed by atoms with Crippen LogP contribution in [0.15, 0.2) is 78.9 Å². The number of hydrogen-bond donors (Lipinski definition) is 1. The number of ether oxygens (including phenoxy) is 1. The van der Waals surface area contributed by atoms with Crippen molar-refractivity contribution in [3.63, 3.8) is 0 Å². The van der Waals surface area contributed by atoms with E-state index in [0.717, 1.165) is 39.9 Å². The maximum atomic E-state index is 13.6. The van der Waals surface area contributed by atoms with Crippen LogP contribution in [0, 0.1) is 0 Å². The highest BCUT2D eigenvalue weighted by Gasteiger charge is 2.19. The summed E-state index contributed by atoms with van der Waals surface area (Å²) in [5.74, 6) is 1.13. The topological polar surface area (TPSA) is 51.2 Å². The minimum absolute atomic E-state index is 0.0696. The minimum atomic E-state index is -0.103. The first-order valence-electron chi connectivity index (χ1n) is 12.0. The van der Waals surface area contributed by atoms with Crippen LogP contribution in [-0.2, 0) is 0 Å². The maximum absolute atomic E-state index is 13.6. The largest absolute Gasteiger partial charge is 0.493 e. The van der Waals surface area contributed by atoms with Crippen LogP contribution in [0.3, 0.4) is 0 Å². The molecule has 174 valence electrons. The number of para-hydroxylation sites is 2. The van der Waals surface area contributed by atoms with E-state index in [1.165, 1.54) is 5.56 Å². The average molecular weight is 453 g/mol. The molecule has 0 fully saturated rings. The van der Waals surface area contributed by atoms with E-state index in [1.54, 1.807) is 0 Å². The third-order valence-corrected chi connectivity index (χ3v) is 6.14. The molecule has 4 rings (SSSR count). The summed E-state index contributed by atoms with van der Waals surface area (Å²) >= 11 is 0. The predicted octanol–water partition coefficient (Wildman–Crippen LogP) is 7.31. The number of fused-ring (bicyclic) bond motifs is 1. The van der Waals surface area contributed by atoms with E-state index in [9.17, 15) is 4.79 Å². The molecule has 34 heavy (non-hydrogen) atoms. The second-order valence-electron chi connectivity index (χ2n) is 8.76. The zero-order valence-corrected chi connectivity index (χ0v) is 20.3. The Balaban J connectivity index is 1.72. The molecule has 1 heterocycles. The van der Waals surface area contributed by atoms with Crippen LogP contribution in [-0.4, -0.2) is 17.5 Å². The molecule has 3 aromatic carbocycles. The highest BCUT2D eigenvalue weighted by atomic mass is 16.5. The van der Waals surface area contributed by atoms with Crippen LogP contribution in [0.4, 0.5) is 0 Å². The Bertz CT molecular complexity index is 1280. The molecule has 1 amide bonds. The van der Waals surface area contributed by atoms with E-state index in [2.05, 4.69) is 50.4 Å². The normalized spacial score (nSPS) is 12.0. The lowest BCUT2D eigenvalue weighted by Crippen LogP contribution is -2.28. The van der Waals surface area contributed by atoms with Crippen LogP contribution in [0.2, 0.25) is 0 Å². The molecule has 1 N–H and O–H groups in total. The molecule has 0 spiro atoms. The van der Waals surface area contributed by atoms with E-state index in [0.29, 0.717) is 18.1 Å². The van der Waals surface area contributed by atoms with Gasteiger partial charge in [-0.2, -0.15) is 0 Å². The van der Waals surface area contributed by atoms with Gasteiger partial charge in [-0.25, -0.2) is 4.98 Å². The fraction of sp³-hybridized carbons (Fsp3) is 0.267. The molecule has 4 nitrogen and oxygen atoms in total. The molecule has 0 saturated carbocycles. The first-order valence-corrected chi connectivity index (χ1v) is 12.0. The third kappa shape index (κ3) is 4.96. The lowest BCUT2D eigenvalue weighted by molar-refractivity contribution is 0.0937. The molecule has 0 radical (unpaired) electrons. The number of carbonyl (C=O) groups excluding carboxylic acids is 1. The van der Waals surface area contributed by atoms with Crippen LogP contribution in [0.1, 0.15) is 67.6 Å². The Morgan fingerprint density at radius 3 is 2.29 bits per heavy atom. The van der Waals surface area contributed by atoms with Crippen LogP contribution >= 0.6 is 0 Å².